The van der Waals surface area contributed by atoms with Gasteiger partial charge < -0.3 is 0 Å². The molecule has 0 aromatic carbocycles. The highest BCUT2D eigenvalue weighted by atomic mass is 19.5. The zero-order valence-corrected chi connectivity index (χ0v) is 8.50. The van der Waals surface area contributed by atoms with Crippen LogP contribution >= 0.6 is 0 Å². The first-order valence-electron chi connectivity index (χ1n) is 3.72. The maximum atomic E-state index is 12.3. The summed E-state index contributed by atoms with van der Waals surface area (Å²) < 4.78 is 126. The van der Waals surface area contributed by atoms with Crippen molar-refractivity contribution in [1.82, 2.24) is 5.57 Å². The first-order valence-corrected chi connectivity index (χ1v) is 3.72. The molecule has 0 amide bonds. The van der Waals surface area contributed by atoms with Gasteiger partial charge in [0.2, 0.25) is 0 Å². The smallest absolute Gasteiger partial charge is 0.191 e. The van der Waals surface area contributed by atoms with Gasteiger partial charge in [0.1, 0.15) is 12.1 Å². The lowest BCUT2D eigenvalue weighted by Gasteiger charge is -2.30. The van der Waals surface area contributed by atoms with Gasteiger partial charge >= 0.3 is 23.7 Å². The topological polar surface area (TPSA) is 50.8 Å². The van der Waals surface area contributed by atoms with E-state index in [-0.39, 0.29) is 0 Å². The molecule has 0 aliphatic rings. The average molecular weight is 323 g/mol. The molecule has 0 saturated carbocycles. The number of alkyl halides is 8. The van der Waals surface area contributed by atoms with Crippen molar-refractivity contribution in [2.24, 2.45) is 0 Å². The Balaban J connectivity index is 0. The molecule has 0 rings (SSSR count). The predicted octanol–water partition coefficient (Wildman–Crippen LogP) is 3.52. The number of halogens is 11. The maximum absolute atomic E-state index is 12.3. The van der Waals surface area contributed by atoms with Crippen LogP contribution in [0.1, 0.15) is 0 Å². The standard InChI is InChI=1S/C6F8N2.F3N/c7-3(8,1-15)5(11,12)6(13,14)4(9,10)2-16;1-4(2)3. The van der Waals surface area contributed by atoms with Crippen LogP contribution < -0.4 is 0 Å². The van der Waals surface area contributed by atoms with Crippen LogP contribution in [0.4, 0.5) is 48.6 Å². The summed E-state index contributed by atoms with van der Waals surface area (Å²) in [6.07, 6.45) is 0. The van der Waals surface area contributed by atoms with E-state index in [1.54, 1.807) is 0 Å². The summed E-state index contributed by atoms with van der Waals surface area (Å²) >= 11 is 0. The summed E-state index contributed by atoms with van der Waals surface area (Å²) in [4.78, 5) is 0. The first kappa shape index (κ1) is 20.5. The molecule has 0 spiro atoms. The van der Waals surface area contributed by atoms with E-state index in [1.807, 2.05) is 0 Å². The largest absolute Gasteiger partial charge is 0.400 e. The molecule has 0 saturated heterocycles. The fraction of sp³-hybridized carbons (Fsp3) is 0.667. The highest BCUT2D eigenvalue weighted by Crippen LogP contribution is 2.51. The highest BCUT2D eigenvalue weighted by Gasteiger charge is 2.81. The second-order valence-corrected chi connectivity index (χ2v) is 2.71. The minimum Gasteiger partial charge on any atom is -0.191 e. The fourth-order valence-electron chi connectivity index (χ4n) is 0.535. The zero-order valence-electron chi connectivity index (χ0n) is 8.50. The van der Waals surface area contributed by atoms with Gasteiger partial charge in [-0.25, -0.2) is 0 Å². The van der Waals surface area contributed by atoms with Crippen molar-refractivity contribution in [2.75, 3.05) is 0 Å². The Morgan fingerprint density at radius 3 is 0.850 bits per heavy atom. The van der Waals surface area contributed by atoms with E-state index in [2.05, 4.69) is 0 Å². The highest BCUT2D eigenvalue weighted by molar-refractivity contribution is 5.16. The van der Waals surface area contributed by atoms with Gasteiger partial charge in [-0.15, -0.1) is 0 Å². The van der Waals surface area contributed by atoms with Gasteiger partial charge in [0.25, 0.3) is 0 Å². The summed E-state index contributed by atoms with van der Waals surface area (Å²) in [5.74, 6) is -25.4. The monoisotopic (exact) mass is 323 g/mol. The van der Waals surface area contributed by atoms with Crippen molar-refractivity contribution < 1.29 is 48.6 Å². The van der Waals surface area contributed by atoms with Gasteiger partial charge in [0.05, 0.1) is 0 Å². The Morgan fingerprint density at radius 2 is 0.750 bits per heavy atom. The number of nitriles is 2. The predicted molar refractivity (Wildman–Crippen MR) is 36.2 cm³/mol. The maximum Gasteiger partial charge on any atom is 0.400 e. The molecule has 3 nitrogen and oxygen atoms in total. The normalized spacial score (nSPS) is 13.1. The van der Waals surface area contributed by atoms with E-state index < -0.39 is 41.4 Å². The summed E-state index contributed by atoms with van der Waals surface area (Å²) in [5.41, 5.74) is -2.50. The van der Waals surface area contributed by atoms with Crippen LogP contribution in [0.25, 0.3) is 0 Å². The molecule has 0 heterocycles. The number of nitrogens with zero attached hydrogens (tertiary/aromatic N) is 3. The van der Waals surface area contributed by atoms with E-state index in [4.69, 9.17) is 10.5 Å². The summed E-state index contributed by atoms with van der Waals surface area (Å²) in [7, 11) is 0. The number of rotatable bonds is 3. The molecular weight excluding hydrogens is 323 g/mol. The second-order valence-electron chi connectivity index (χ2n) is 2.71. The summed E-state index contributed by atoms with van der Waals surface area (Å²) in [6, 6.07) is -1.04. The first-order chi connectivity index (χ1) is 8.60. The Kier molecular flexibility index (Phi) is 6.23. The summed E-state index contributed by atoms with van der Waals surface area (Å²) in [6.45, 7) is 0. The third-order valence-electron chi connectivity index (χ3n) is 1.46. The molecule has 0 aliphatic carbocycles. The van der Waals surface area contributed by atoms with Crippen molar-refractivity contribution in [2.45, 2.75) is 23.7 Å². The third kappa shape index (κ3) is 3.83. The van der Waals surface area contributed by atoms with E-state index in [9.17, 15) is 48.6 Å². The van der Waals surface area contributed by atoms with E-state index in [0.717, 1.165) is 0 Å². The van der Waals surface area contributed by atoms with Gasteiger partial charge in [-0.2, -0.15) is 45.6 Å². The molecule has 0 N–H and O–H groups in total. The van der Waals surface area contributed by atoms with Crippen molar-refractivity contribution in [3.63, 3.8) is 0 Å². The molecule has 116 valence electrons. The van der Waals surface area contributed by atoms with Crippen molar-refractivity contribution in [1.29, 1.82) is 10.5 Å². The molecular formula is C6F11N3. The van der Waals surface area contributed by atoms with Crippen LogP contribution in [0.15, 0.2) is 0 Å². The quantitative estimate of drug-likeness (QED) is 0.590. The molecule has 14 heteroatoms. The third-order valence-corrected chi connectivity index (χ3v) is 1.46. The lowest BCUT2D eigenvalue weighted by atomic mass is 10.0. The Labute approximate surface area is 102 Å². The lowest BCUT2D eigenvalue weighted by Crippen LogP contribution is -2.61. The Bertz CT molecular complexity index is 365. The Morgan fingerprint density at radius 1 is 0.600 bits per heavy atom. The van der Waals surface area contributed by atoms with E-state index >= 15 is 0 Å². The van der Waals surface area contributed by atoms with Gasteiger partial charge in [-0.05, 0) is 0 Å². The van der Waals surface area contributed by atoms with Gasteiger partial charge in [0, 0.05) is 0 Å². The van der Waals surface area contributed by atoms with E-state index in [0.29, 0.717) is 0 Å². The molecule has 0 bridgehead atoms. The summed E-state index contributed by atoms with van der Waals surface area (Å²) in [5, 5.41) is 15.0. The molecule has 0 aromatic heterocycles. The molecule has 20 heavy (non-hydrogen) atoms. The van der Waals surface area contributed by atoms with Crippen LogP contribution in [0.5, 0.6) is 0 Å². The second kappa shape index (κ2) is 6.08. The molecule has 0 atom stereocenters. The van der Waals surface area contributed by atoms with Crippen LogP contribution in [0.2, 0.25) is 0 Å². The van der Waals surface area contributed by atoms with Crippen LogP contribution in [0, 0.1) is 22.7 Å². The van der Waals surface area contributed by atoms with Crippen molar-refractivity contribution in [3.05, 3.63) is 0 Å². The minimum atomic E-state index is -6.67. The number of hydrogen-bond donors (Lipinski definition) is 0. The van der Waals surface area contributed by atoms with Crippen LogP contribution in [-0.4, -0.2) is 29.3 Å². The van der Waals surface area contributed by atoms with Gasteiger partial charge in [-0.3, -0.25) is 0 Å². The molecule has 0 aliphatic heterocycles. The minimum absolute atomic E-state index is 0.522. The molecule has 0 fully saturated rings. The zero-order chi connectivity index (χ0) is 17.0. The number of hydrogen-bond acceptors (Lipinski definition) is 3. The SMILES string of the molecule is FN(F)F.N#CC(F)(F)C(F)(F)C(F)(F)C(F)(F)C#N. The van der Waals surface area contributed by atoms with Crippen LogP contribution in [-0.2, 0) is 0 Å². The van der Waals surface area contributed by atoms with Crippen molar-refractivity contribution >= 4 is 0 Å². The van der Waals surface area contributed by atoms with Crippen LogP contribution in [0.3, 0.4) is 0 Å². The van der Waals surface area contributed by atoms with E-state index in [1.165, 1.54) is 0 Å². The molecule has 0 radical (unpaired) electrons. The van der Waals surface area contributed by atoms with Crippen molar-refractivity contribution in [3.8, 4) is 12.1 Å². The van der Waals surface area contributed by atoms with Gasteiger partial charge in [-0.1, -0.05) is 13.4 Å². The average Bonchev–Trinajstić information content (AvgIpc) is 2.27. The van der Waals surface area contributed by atoms with Gasteiger partial charge in [0.15, 0.2) is 5.57 Å². The lowest BCUT2D eigenvalue weighted by molar-refractivity contribution is -0.340. The fourth-order valence-corrected chi connectivity index (χ4v) is 0.535. The Hall–Kier alpha value is -1.83. The molecule has 0 aromatic rings. The molecule has 0 unspecified atom stereocenters.